The van der Waals surface area contributed by atoms with Crippen LogP contribution in [0.3, 0.4) is 0 Å². The fourth-order valence-corrected chi connectivity index (χ4v) is 0.130. The fraction of sp³-hybridized carbons (Fsp3) is 0.250. The maximum atomic E-state index is 9.49. The Hall–Kier alpha value is -1.06. The number of halogens is 1. The highest BCUT2D eigenvalue weighted by molar-refractivity contribution is 5.56. The molecule has 0 rings (SSSR count). The lowest BCUT2D eigenvalue weighted by Gasteiger charge is -1.88. The zero-order valence-electron chi connectivity index (χ0n) is 4.16. The predicted molar refractivity (Wildman–Crippen MR) is 26.7 cm³/mol. The van der Waals surface area contributed by atoms with Crippen molar-refractivity contribution in [3.63, 3.8) is 0 Å². The summed E-state index contributed by atoms with van der Waals surface area (Å²) in [6.45, 7) is 3.31. The molecule has 0 aromatic carbocycles. The Kier molecular flexibility index (Phi) is 7.45. The van der Waals surface area contributed by atoms with Gasteiger partial charge in [0, 0.05) is 0 Å². The van der Waals surface area contributed by atoms with E-state index in [-0.39, 0.29) is 11.3 Å². The Morgan fingerprint density at radius 3 is 2.50 bits per heavy atom. The van der Waals surface area contributed by atoms with E-state index in [1.165, 1.54) is 6.08 Å². The smallest absolute Gasteiger partial charge is 0.450 e. The minimum absolute atomic E-state index is 0. The van der Waals surface area contributed by atoms with Crippen LogP contribution < -0.4 is 0 Å². The number of carbonyl (C=O) groups is 1. The van der Waals surface area contributed by atoms with Crippen molar-refractivity contribution in [3.05, 3.63) is 12.7 Å². The van der Waals surface area contributed by atoms with E-state index in [2.05, 4.69) is 11.3 Å². The van der Waals surface area contributed by atoms with Crippen molar-refractivity contribution in [1.82, 2.24) is 0 Å². The highest BCUT2D eigenvalue weighted by Crippen LogP contribution is 1.73. The standard InChI is InChI=1S/C4H6O3.FH/c1-2-3-7-4(5)6;/h2H,1,3H2,(H,5,6);1H. The summed E-state index contributed by atoms with van der Waals surface area (Å²) in [7, 11) is 0. The molecule has 8 heavy (non-hydrogen) atoms. The molecule has 0 aliphatic rings. The van der Waals surface area contributed by atoms with Crippen molar-refractivity contribution in [2.24, 2.45) is 0 Å². The highest BCUT2D eigenvalue weighted by atomic mass is 19.0. The minimum Gasteiger partial charge on any atom is -0.450 e. The predicted octanol–water partition coefficient (Wildman–Crippen LogP) is 1.02. The van der Waals surface area contributed by atoms with Crippen LogP contribution in [0.2, 0.25) is 0 Å². The van der Waals surface area contributed by atoms with Crippen LogP contribution in [0.15, 0.2) is 12.7 Å². The van der Waals surface area contributed by atoms with Crippen molar-refractivity contribution < 1.29 is 19.3 Å². The monoisotopic (exact) mass is 122 g/mol. The third-order valence-electron chi connectivity index (χ3n) is 0.325. The van der Waals surface area contributed by atoms with Crippen LogP contribution in [0, 0.1) is 0 Å². The van der Waals surface area contributed by atoms with Gasteiger partial charge in [-0.1, -0.05) is 12.7 Å². The number of rotatable bonds is 2. The van der Waals surface area contributed by atoms with E-state index in [0.717, 1.165) is 0 Å². The molecule has 0 aromatic heterocycles. The summed E-state index contributed by atoms with van der Waals surface area (Å²) in [5.41, 5.74) is 0. The molecule has 0 aliphatic carbocycles. The first kappa shape index (κ1) is 10.0. The van der Waals surface area contributed by atoms with E-state index in [9.17, 15) is 4.79 Å². The first-order valence-electron chi connectivity index (χ1n) is 1.74. The van der Waals surface area contributed by atoms with E-state index in [0.29, 0.717) is 0 Å². The molecule has 0 radical (unpaired) electrons. The van der Waals surface area contributed by atoms with E-state index in [4.69, 9.17) is 5.11 Å². The van der Waals surface area contributed by atoms with Crippen LogP contribution in [0.1, 0.15) is 0 Å². The minimum atomic E-state index is -1.26. The molecule has 0 atom stereocenters. The van der Waals surface area contributed by atoms with Crippen molar-refractivity contribution in [2.75, 3.05) is 6.61 Å². The topological polar surface area (TPSA) is 46.5 Å². The molecule has 0 aromatic rings. The molecule has 1 N–H and O–H groups in total. The summed E-state index contributed by atoms with van der Waals surface area (Å²) in [5.74, 6) is 0. The largest absolute Gasteiger partial charge is 0.506 e. The lowest BCUT2D eigenvalue weighted by molar-refractivity contribution is 0.102. The van der Waals surface area contributed by atoms with E-state index in [1.807, 2.05) is 0 Å². The molecule has 0 heterocycles. The average Bonchev–Trinajstić information content (AvgIpc) is 1.61. The van der Waals surface area contributed by atoms with Crippen LogP contribution in [-0.2, 0) is 4.74 Å². The van der Waals surface area contributed by atoms with Gasteiger partial charge in [-0.2, -0.15) is 0 Å². The molecule has 0 fully saturated rings. The second kappa shape index (κ2) is 5.94. The van der Waals surface area contributed by atoms with E-state index >= 15 is 0 Å². The van der Waals surface area contributed by atoms with Gasteiger partial charge in [0.05, 0.1) is 0 Å². The first-order valence-corrected chi connectivity index (χ1v) is 1.74. The highest BCUT2D eigenvalue weighted by Gasteiger charge is 1.87. The zero-order chi connectivity index (χ0) is 5.70. The van der Waals surface area contributed by atoms with Crippen molar-refractivity contribution >= 4 is 6.16 Å². The van der Waals surface area contributed by atoms with Gasteiger partial charge < -0.3 is 9.84 Å². The van der Waals surface area contributed by atoms with Crippen molar-refractivity contribution in [3.8, 4) is 0 Å². The summed E-state index contributed by atoms with van der Waals surface area (Å²) in [6, 6.07) is 0. The normalized spacial score (nSPS) is 6.50. The summed E-state index contributed by atoms with van der Waals surface area (Å²) in [5, 5.41) is 7.77. The van der Waals surface area contributed by atoms with Gasteiger partial charge in [0.2, 0.25) is 0 Å². The molecule has 0 aliphatic heterocycles. The Balaban J connectivity index is 0. The molecule has 0 unspecified atom stereocenters. The van der Waals surface area contributed by atoms with Gasteiger partial charge in [-0.3, -0.25) is 4.70 Å². The van der Waals surface area contributed by atoms with Gasteiger partial charge in [0.25, 0.3) is 0 Å². The van der Waals surface area contributed by atoms with Gasteiger partial charge in [-0.05, 0) is 0 Å². The summed E-state index contributed by atoms with van der Waals surface area (Å²) in [4.78, 5) is 9.49. The molecule has 48 valence electrons. The van der Waals surface area contributed by atoms with Crippen LogP contribution in [0.5, 0.6) is 0 Å². The third-order valence-corrected chi connectivity index (χ3v) is 0.325. The molecule has 0 amide bonds. The molecular formula is C4H7FO3. The molecule has 0 saturated heterocycles. The fourth-order valence-electron chi connectivity index (χ4n) is 0.130. The first-order chi connectivity index (χ1) is 3.27. The number of carboxylic acid groups (broad SMARTS) is 1. The lowest BCUT2D eigenvalue weighted by atomic mass is 10.7. The van der Waals surface area contributed by atoms with Crippen LogP contribution >= 0.6 is 0 Å². The SMILES string of the molecule is C=CCOC(=O)O.F. The van der Waals surface area contributed by atoms with Crippen molar-refractivity contribution in [2.45, 2.75) is 0 Å². The number of hydrogen-bond donors (Lipinski definition) is 1. The maximum absolute atomic E-state index is 9.49. The van der Waals surface area contributed by atoms with Crippen LogP contribution in [0.25, 0.3) is 0 Å². The lowest BCUT2D eigenvalue weighted by Crippen LogP contribution is -1.98. The van der Waals surface area contributed by atoms with Crippen LogP contribution in [0.4, 0.5) is 9.50 Å². The number of hydrogen-bond acceptors (Lipinski definition) is 2. The molecule has 3 nitrogen and oxygen atoms in total. The Bertz CT molecular complexity index is 81.4. The van der Waals surface area contributed by atoms with E-state index in [1.54, 1.807) is 0 Å². The Morgan fingerprint density at radius 1 is 1.88 bits per heavy atom. The molecule has 0 bridgehead atoms. The van der Waals surface area contributed by atoms with Gasteiger partial charge in [0.15, 0.2) is 0 Å². The van der Waals surface area contributed by atoms with Crippen LogP contribution in [-0.4, -0.2) is 17.9 Å². The summed E-state index contributed by atoms with van der Waals surface area (Å²) in [6.07, 6.45) is 0.105. The molecule has 0 saturated carbocycles. The quantitative estimate of drug-likeness (QED) is 0.439. The summed E-state index contributed by atoms with van der Waals surface area (Å²) < 4.78 is 3.99. The molecule has 0 spiro atoms. The third kappa shape index (κ3) is 8.87. The zero-order valence-corrected chi connectivity index (χ0v) is 4.16. The Labute approximate surface area is 45.9 Å². The van der Waals surface area contributed by atoms with Gasteiger partial charge in [0.1, 0.15) is 6.61 Å². The summed E-state index contributed by atoms with van der Waals surface area (Å²) >= 11 is 0. The average molecular weight is 122 g/mol. The second-order valence-electron chi connectivity index (χ2n) is 0.866. The van der Waals surface area contributed by atoms with Gasteiger partial charge in [-0.15, -0.1) is 0 Å². The second-order valence-corrected chi connectivity index (χ2v) is 0.866. The number of ether oxygens (including phenoxy) is 1. The van der Waals surface area contributed by atoms with Gasteiger partial charge in [-0.25, -0.2) is 4.79 Å². The molecule has 4 heteroatoms. The van der Waals surface area contributed by atoms with Crippen molar-refractivity contribution in [1.29, 1.82) is 0 Å². The van der Waals surface area contributed by atoms with E-state index < -0.39 is 6.16 Å². The maximum Gasteiger partial charge on any atom is 0.506 e. The Morgan fingerprint density at radius 2 is 2.38 bits per heavy atom. The van der Waals surface area contributed by atoms with Gasteiger partial charge >= 0.3 is 6.16 Å². The molecular weight excluding hydrogens is 115 g/mol.